The SMILES string of the molecule is CCCCc1c(CC(C)(C)C)c(CC(C)C)nc2ccc(OCC(N)=O)cc12. The fraction of sp³-hybridized carbons (Fsp3) is 0.583. The Morgan fingerprint density at radius 2 is 1.93 bits per heavy atom. The van der Waals surface area contributed by atoms with Gasteiger partial charge in [-0.3, -0.25) is 9.78 Å². The molecule has 0 aliphatic heterocycles. The van der Waals surface area contributed by atoms with E-state index in [4.69, 9.17) is 15.5 Å². The minimum Gasteiger partial charge on any atom is -0.484 e. The van der Waals surface area contributed by atoms with Crippen molar-refractivity contribution in [3.63, 3.8) is 0 Å². The van der Waals surface area contributed by atoms with E-state index in [0.717, 1.165) is 43.0 Å². The predicted molar refractivity (Wildman–Crippen MR) is 117 cm³/mol. The maximum absolute atomic E-state index is 11.1. The summed E-state index contributed by atoms with van der Waals surface area (Å²) in [5, 5.41) is 1.14. The van der Waals surface area contributed by atoms with Gasteiger partial charge in [0.25, 0.3) is 5.91 Å². The number of carbonyl (C=O) groups is 1. The molecule has 1 aromatic carbocycles. The van der Waals surface area contributed by atoms with Crippen LogP contribution in [0, 0.1) is 11.3 Å². The van der Waals surface area contributed by atoms with E-state index in [1.54, 1.807) is 0 Å². The molecular weight excluding hydrogens is 348 g/mol. The van der Waals surface area contributed by atoms with Crippen molar-refractivity contribution >= 4 is 16.8 Å². The van der Waals surface area contributed by atoms with Crippen molar-refractivity contribution < 1.29 is 9.53 Å². The van der Waals surface area contributed by atoms with Crippen molar-refractivity contribution in [2.45, 2.75) is 73.6 Å². The molecule has 2 N–H and O–H groups in total. The number of nitrogens with zero attached hydrogens (tertiary/aromatic N) is 1. The van der Waals surface area contributed by atoms with Gasteiger partial charge in [-0.15, -0.1) is 0 Å². The molecule has 0 spiro atoms. The largest absolute Gasteiger partial charge is 0.484 e. The summed E-state index contributed by atoms with van der Waals surface area (Å²) in [4.78, 5) is 16.1. The molecule has 4 nitrogen and oxygen atoms in total. The van der Waals surface area contributed by atoms with Crippen LogP contribution in [-0.4, -0.2) is 17.5 Å². The molecule has 4 heteroatoms. The molecule has 0 saturated carbocycles. The predicted octanol–water partition coefficient (Wildman–Crippen LogP) is 5.23. The maximum Gasteiger partial charge on any atom is 0.255 e. The Hall–Kier alpha value is -2.10. The summed E-state index contributed by atoms with van der Waals surface area (Å²) in [5.41, 5.74) is 10.4. The molecule has 1 amide bonds. The molecule has 0 fully saturated rings. The first kappa shape index (κ1) is 22.2. The molecule has 0 aliphatic rings. The molecule has 1 aromatic heterocycles. The summed E-state index contributed by atoms with van der Waals surface area (Å²) >= 11 is 0. The number of ether oxygens (including phenoxy) is 1. The average Bonchev–Trinajstić information content (AvgIpc) is 2.58. The van der Waals surface area contributed by atoms with E-state index in [-0.39, 0.29) is 12.0 Å². The molecule has 0 saturated heterocycles. The maximum atomic E-state index is 11.1. The standard InChI is InChI=1S/C24H36N2O2/c1-7-8-9-18-19-13-17(28-15-23(25)27)10-11-21(19)26-22(12-16(2)3)20(18)14-24(4,5)6/h10-11,13,16H,7-9,12,14-15H2,1-6H3,(H2,25,27). The Labute approximate surface area is 169 Å². The van der Waals surface area contributed by atoms with Gasteiger partial charge in [-0.05, 0) is 66.3 Å². The van der Waals surface area contributed by atoms with Gasteiger partial charge < -0.3 is 10.5 Å². The van der Waals surface area contributed by atoms with Gasteiger partial charge in [0.15, 0.2) is 6.61 Å². The Morgan fingerprint density at radius 1 is 1.21 bits per heavy atom. The molecule has 0 unspecified atom stereocenters. The van der Waals surface area contributed by atoms with Gasteiger partial charge in [0.05, 0.1) is 5.52 Å². The Kier molecular flexibility index (Phi) is 7.45. The number of fused-ring (bicyclic) bond motifs is 1. The van der Waals surface area contributed by atoms with Crippen LogP contribution in [0.1, 0.15) is 71.2 Å². The number of rotatable bonds is 9. The highest BCUT2D eigenvalue weighted by atomic mass is 16.5. The zero-order valence-electron chi connectivity index (χ0n) is 18.4. The van der Waals surface area contributed by atoms with E-state index in [1.807, 2.05) is 18.2 Å². The second kappa shape index (κ2) is 9.40. The van der Waals surface area contributed by atoms with Crippen molar-refractivity contribution in [1.29, 1.82) is 0 Å². The number of unbranched alkanes of at least 4 members (excludes halogenated alkanes) is 1. The molecule has 1 heterocycles. The number of aryl methyl sites for hydroxylation is 1. The zero-order valence-corrected chi connectivity index (χ0v) is 18.4. The number of primary amides is 1. The van der Waals surface area contributed by atoms with Crippen molar-refractivity contribution in [2.24, 2.45) is 17.1 Å². The number of hydrogen-bond donors (Lipinski definition) is 1. The van der Waals surface area contributed by atoms with Crippen LogP contribution in [0.2, 0.25) is 0 Å². The van der Waals surface area contributed by atoms with E-state index in [2.05, 4.69) is 41.5 Å². The second-order valence-electron chi connectivity index (χ2n) is 9.39. The van der Waals surface area contributed by atoms with Gasteiger partial charge in [-0.25, -0.2) is 0 Å². The summed E-state index contributed by atoms with van der Waals surface area (Å²) in [6.45, 7) is 13.5. The fourth-order valence-electron chi connectivity index (χ4n) is 3.58. The Bertz CT molecular complexity index is 819. The van der Waals surface area contributed by atoms with Crippen molar-refractivity contribution in [2.75, 3.05) is 6.61 Å². The third-order valence-corrected chi connectivity index (χ3v) is 4.73. The normalized spacial score (nSPS) is 12.0. The number of pyridine rings is 1. The third kappa shape index (κ3) is 6.22. The van der Waals surface area contributed by atoms with Crippen LogP contribution in [0.5, 0.6) is 5.75 Å². The Balaban J connectivity index is 2.66. The van der Waals surface area contributed by atoms with Gasteiger partial charge in [-0.1, -0.05) is 48.0 Å². The van der Waals surface area contributed by atoms with Gasteiger partial charge in [0.1, 0.15) is 5.75 Å². The topological polar surface area (TPSA) is 65.2 Å². The van der Waals surface area contributed by atoms with Crippen LogP contribution in [0.3, 0.4) is 0 Å². The van der Waals surface area contributed by atoms with Gasteiger partial charge in [-0.2, -0.15) is 0 Å². The molecule has 154 valence electrons. The minimum absolute atomic E-state index is 0.108. The highest BCUT2D eigenvalue weighted by molar-refractivity contribution is 5.85. The average molecular weight is 385 g/mol. The lowest BCUT2D eigenvalue weighted by atomic mass is 9.82. The van der Waals surface area contributed by atoms with Crippen LogP contribution in [0.25, 0.3) is 10.9 Å². The number of hydrogen-bond acceptors (Lipinski definition) is 3. The Morgan fingerprint density at radius 3 is 2.50 bits per heavy atom. The van der Waals surface area contributed by atoms with E-state index >= 15 is 0 Å². The first-order valence-electron chi connectivity index (χ1n) is 10.5. The highest BCUT2D eigenvalue weighted by Crippen LogP contribution is 2.33. The van der Waals surface area contributed by atoms with Crippen LogP contribution in [-0.2, 0) is 24.1 Å². The zero-order chi connectivity index (χ0) is 20.9. The van der Waals surface area contributed by atoms with Gasteiger partial charge >= 0.3 is 0 Å². The lowest BCUT2D eigenvalue weighted by molar-refractivity contribution is -0.119. The molecule has 28 heavy (non-hydrogen) atoms. The minimum atomic E-state index is -0.467. The van der Waals surface area contributed by atoms with E-state index in [0.29, 0.717) is 11.7 Å². The molecule has 0 radical (unpaired) electrons. The van der Waals surface area contributed by atoms with E-state index < -0.39 is 5.91 Å². The van der Waals surface area contributed by atoms with Crippen molar-refractivity contribution in [1.82, 2.24) is 4.98 Å². The first-order valence-corrected chi connectivity index (χ1v) is 10.5. The first-order chi connectivity index (χ1) is 13.1. The number of benzene rings is 1. The monoisotopic (exact) mass is 384 g/mol. The highest BCUT2D eigenvalue weighted by Gasteiger charge is 2.21. The summed E-state index contributed by atoms with van der Waals surface area (Å²) in [6, 6.07) is 5.91. The summed E-state index contributed by atoms with van der Waals surface area (Å²) in [6.07, 6.45) is 5.31. The number of aromatic nitrogens is 1. The number of nitrogens with two attached hydrogens (primary N) is 1. The fourth-order valence-corrected chi connectivity index (χ4v) is 3.58. The molecular formula is C24H36N2O2. The smallest absolute Gasteiger partial charge is 0.255 e. The van der Waals surface area contributed by atoms with Crippen molar-refractivity contribution in [3.8, 4) is 5.75 Å². The second-order valence-corrected chi connectivity index (χ2v) is 9.39. The molecule has 0 bridgehead atoms. The summed E-state index contributed by atoms with van der Waals surface area (Å²) in [5.74, 6) is 0.759. The molecule has 0 atom stereocenters. The van der Waals surface area contributed by atoms with E-state index in [9.17, 15) is 4.79 Å². The number of carbonyl (C=O) groups excluding carboxylic acids is 1. The van der Waals surface area contributed by atoms with Gasteiger partial charge in [0, 0.05) is 11.1 Å². The summed E-state index contributed by atoms with van der Waals surface area (Å²) in [7, 11) is 0. The molecule has 0 aliphatic carbocycles. The van der Waals surface area contributed by atoms with E-state index in [1.165, 1.54) is 16.8 Å². The van der Waals surface area contributed by atoms with Gasteiger partial charge in [0.2, 0.25) is 0 Å². The quantitative estimate of drug-likeness (QED) is 0.644. The van der Waals surface area contributed by atoms with Crippen LogP contribution in [0.15, 0.2) is 18.2 Å². The van der Waals surface area contributed by atoms with Crippen molar-refractivity contribution in [3.05, 3.63) is 35.0 Å². The lowest BCUT2D eigenvalue weighted by Gasteiger charge is -2.25. The summed E-state index contributed by atoms with van der Waals surface area (Å²) < 4.78 is 5.57. The number of amides is 1. The third-order valence-electron chi connectivity index (χ3n) is 4.73. The lowest BCUT2D eigenvalue weighted by Crippen LogP contribution is -2.20. The molecule has 2 aromatic rings. The molecule has 2 rings (SSSR count). The van der Waals surface area contributed by atoms with Crippen LogP contribution >= 0.6 is 0 Å². The van der Waals surface area contributed by atoms with Crippen LogP contribution in [0.4, 0.5) is 0 Å². The van der Waals surface area contributed by atoms with Crippen LogP contribution < -0.4 is 10.5 Å².